The maximum absolute atomic E-state index is 12.3. The molecule has 1 aromatic carbocycles. The summed E-state index contributed by atoms with van der Waals surface area (Å²) in [5, 5.41) is 3.05. The minimum absolute atomic E-state index is 0.00426. The topological polar surface area (TPSA) is 49.4 Å². The van der Waals surface area contributed by atoms with Crippen LogP contribution in [0.5, 0.6) is 0 Å². The van der Waals surface area contributed by atoms with E-state index in [2.05, 4.69) is 5.32 Å². The van der Waals surface area contributed by atoms with Gasteiger partial charge in [-0.1, -0.05) is 18.2 Å². The van der Waals surface area contributed by atoms with Crippen LogP contribution in [0.2, 0.25) is 0 Å². The number of aryl methyl sites for hydroxylation is 2. The van der Waals surface area contributed by atoms with E-state index in [0.29, 0.717) is 13.1 Å². The van der Waals surface area contributed by atoms with Crippen LogP contribution < -0.4 is 5.32 Å². The van der Waals surface area contributed by atoms with Crippen molar-refractivity contribution in [1.82, 2.24) is 4.90 Å². The molecular weight excluding hydrogens is 252 g/mol. The Morgan fingerprint density at radius 3 is 2.20 bits per heavy atom. The smallest absolute Gasteiger partial charge is 0.227 e. The molecule has 108 valence electrons. The van der Waals surface area contributed by atoms with Crippen molar-refractivity contribution in [1.29, 1.82) is 0 Å². The maximum atomic E-state index is 12.3. The van der Waals surface area contributed by atoms with Gasteiger partial charge in [0.1, 0.15) is 0 Å². The second kappa shape index (κ2) is 6.07. The second-order valence-electron chi connectivity index (χ2n) is 5.54. The van der Waals surface area contributed by atoms with Crippen molar-refractivity contribution in [2.45, 2.75) is 33.6 Å². The third-order valence-electron chi connectivity index (χ3n) is 4.04. The first-order valence-corrected chi connectivity index (χ1v) is 7.11. The Balaban J connectivity index is 1.98. The first-order valence-electron chi connectivity index (χ1n) is 7.11. The molecule has 0 bridgehead atoms. The fourth-order valence-electron chi connectivity index (χ4n) is 2.69. The predicted octanol–water partition coefficient (Wildman–Crippen LogP) is 2.50. The molecule has 0 atom stereocenters. The molecule has 4 nitrogen and oxygen atoms in total. The first kappa shape index (κ1) is 14.6. The van der Waals surface area contributed by atoms with Crippen LogP contribution in [0.4, 0.5) is 5.69 Å². The molecule has 0 aromatic heterocycles. The van der Waals surface area contributed by atoms with Crippen molar-refractivity contribution in [3.8, 4) is 0 Å². The van der Waals surface area contributed by atoms with Crippen molar-refractivity contribution in [3.63, 3.8) is 0 Å². The summed E-state index contributed by atoms with van der Waals surface area (Å²) in [6, 6.07) is 5.99. The monoisotopic (exact) mass is 274 g/mol. The van der Waals surface area contributed by atoms with Crippen molar-refractivity contribution in [2.24, 2.45) is 5.92 Å². The van der Waals surface area contributed by atoms with Gasteiger partial charge in [-0.05, 0) is 37.8 Å². The highest BCUT2D eigenvalue weighted by Gasteiger charge is 2.26. The van der Waals surface area contributed by atoms with Crippen LogP contribution in [0.3, 0.4) is 0 Å². The van der Waals surface area contributed by atoms with Gasteiger partial charge in [0.05, 0.1) is 0 Å². The molecule has 1 aliphatic heterocycles. The van der Waals surface area contributed by atoms with Gasteiger partial charge in [0.2, 0.25) is 11.8 Å². The Kier molecular flexibility index (Phi) is 4.42. The molecule has 1 N–H and O–H groups in total. The van der Waals surface area contributed by atoms with Crippen LogP contribution in [0.25, 0.3) is 0 Å². The zero-order valence-corrected chi connectivity index (χ0v) is 12.4. The third-order valence-corrected chi connectivity index (χ3v) is 4.04. The molecular formula is C16H22N2O2. The lowest BCUT2D eigenvalue weighted by atomic mass is 9.95. The van der Waals surface area contributed by atoms with Gasteiger partial charge in [-0.2, -0.15) is 0 Å². The number of nitrogens with zero attached hydrogens (tertiary/aromatic N) is 1. The normalized spacial score (nSPS) is 16.1. The molecule has 20 heavy (non-hydrogen) atoms. The number of piperidine rings is 1. The lowest BCUT2D eigenvalue weighted by molar-refractivity contribution is -0.132. The van der Waals surface area contributed by atoms with Gasteiger partial charge in [0.25, 0.3) is 0 Å². The number of hydrogen-bond donors (Lipinski definition) is 1. The van der Waals surface area contributed by atoms with Gasteiger partial charge in [-0.15, -0.1) is 0 Å². The molecule has 4 heteroatoms. The summed E-state index contributed by atoms with van der Waals surface area (Å²) in [5.74, 6) is 0.175. The number of nitrogens with one attached hydrogen (secondary N) is 1. The van der Waals surface area contributed by atoms with E-state index in [1.165, 1.54) is 0 Å². The predicted molar refractivity (Wildman–Crippen MR) is 79.5 cm³/mol. The molecule has 1 fully saturated rings. The number of anilines is 1. The molecule has 1 aliphatic rings. The van der Waals surface area contributed by atoms with E-state index in [4.69, 9.17) is 0 Å². The maximum Gasteiger partial charge on any atom is 0.227 e. The van der Waals surface area contributed by atoms with Crippen molar-refractivity contribution < 1.29 is 9.59 Å². The summed E-state index contributed by atoms with van der Waals surface area (Å²) in [5.41, 5.74) is 3.09. The van der Waals surface area contributed by atoms with Crippen molar-refractivity contribution in [2.75, 3.05) is 18.4 Å². The molecule has 0 unspecified atom stereocenters. The second-order valence-corrected chi connectivity index (χ2v) is 5.54. The standard InChI is InChI=1S/C16H22N2O2/c1-11-5-4-6-12(2)15(11)17-16(20)14-7-9-18(10-8-14)13(3)19/h4-6,14H,7-10H2,1-3H3,(H,17,20). The van der Waals surface area contributed by atoms with E-state index in [-0.39, 0.29) is 17.7 Å². The molecule has 2 amide bonds. The summed E-state index contributed by atoms with van der Waals surface area (Å²) < 4.78 is 0. The Hall–Kier alpha value is -1.84. The van der Waals surface area contributed by atoms with Crippen molar-refractivity contribution >= 4 is 17.5 Å². The fraction of sp³-hybridized carbons (Fsp3) is 0.500. The minimum atomic E-state index is 0.00426. The Labute approximate surface area is 120 Å². The van der Waals surface area contributed by atoms with Gasteiger partial charge in [-0.25, -0.2) is 0 Å². The van der Waals surface area contributed by atoms with Gasteiger partial charge in [0.15, 0.2) is 0 Å². The highest BCUT2D eigenvalue weighted by atomic mass is 16.2. The summed E-state index contributed by atoms with van der Waals surface area (Å²) >= 11 is 0. The molecule has 1 saturated heterocycles. The molecule has 0 aliphatic carbocycles. The number of benzene rings is 1. The summed E-state index contributed by atoms with van der Waals surface area (Å²) in [6.45, 7) is 6.94. The van der Waals surface area contributed by atoms with Crippen LogP contribution >= 0.6 is 0 Å². The van der Waals surface area contributed by atoms with Gasteiger partial charge >= 0.3 is 0 Å². The average molecular weight is 274 g/mol. The highest BCUT2D eigenvalue weighted by molar-refractivity contribution is 5.94. The van der Waals surface area contributed by atoms with Gasteiger partial charge in [-0.3, -0.25) is 9.59 Å². The Morgan fingerprint density at radius 1 is 1.15 bits per heavy atom. The number of likely N-dealkylation sites (tertiary alicyclic amines) is 1. The van der Waals surface area contributed by atoms with E-state index in [9.17, 15) is 9.59 Å². The first-order chi connectivity index (χ1) is 9.49. The number of para-hydroxylation sites is 1. The largest absolute Gasteiger partial charge is 0.343 e. The highest BCUT2D eigenvalue weighted by Crippen LogP contribution is 2.23. The average Bonchev–Trinajstić information content (AvgIpc) is 2.43. The lowest BCUT2D eigenvalue weighted by Gasteiger charge is -2.30. The zero-order valence-electron chi connectivity index (χ0n) is 12.4. The molecule has 0 spiro atoms. The van der Waals surface area contributed by atoms with Crippen LogP contribution in [0.15, 0.2) is 18.2 Å². The quantitative estimate of drug-likeness (QED) is 0.900. The number of rotatable bonds is 2. The van der Waals surface area contributed by atoms with E-state index < -0.39 is 0 Å². The van der Waals surface area contributed by atoms with Crippen LogP contribution in [0, 0.1) is 19.8 Å². The Morgan fingerprint density at radius 2 is 1.70 bits per heavy atom. The zero-order chi connectivity index (χ0) is 14.7. The molecule has 0 saturated carbocycles. The van der Waals surface area contributed by atoms with Crippen molar-refractivity contribution in [3.05, 3.63) is 29.3 Å². The minimum Gasteiger partial charge on any atom is -0.343 e. The van der Waals surface area contributed by atoms with Gasteiger partial charge in [0, 0.05) is 31.6 Å². The van der Waals surface area contributed by atoms with E-state index in [1.54, 1.807) is 6.92 Å². The Bertz CT molecular complexity index is 497. The number of amides is 2. The molecule has 2 rings (SSSR count). The van der Waals surface area contributed by atoms with Crippen LogP contribution in [-0.4, -0.2) is 29.8 Å². The lowest BCUT2D eigenvalue weighted by Crippen LogP contribution is -2.40. The molecule has 1 heterocycles. The summed E-state index contributed by atoms with van der Waals surface area (Å²) in [6.07, 6.45) is 1.49. The molecule has 0 radical (unpaired) electrons. The summed E-state index contributed by atoms with van der Waals surface area (Å²) in [7, 11) is 0. The van der Waals surface area contributed by atoms with E-state index >= 15 is 0 Å². The SMILES string of the molecule is CC(=O)N1CCC(C(=O)Nc2c(C)cccc2C)CC1. The van der Waals surface area contributed by atoms with Crippen LogP contribution in [0.1, 0.15) is 30.9 Å². The summed E-state index contributed by atoms with van der Waals surface area (Å²) in [4.78, 5) is 25.4. The van der Waals surface area contributed by atoms with E-state index in [1.807, 2.05) is 36.9 Å². The van der Waals surface area contributed by atoms with Crippen LogP contribution in [-0.2, 0) is 9.59 Å². The fourth-order valence-corrected chi connectivity index (χ4v) is 2.69. The van der Waals surface area contributed by atoms with E-state index in [0.717, 1.165) is 29.7 Å². The third kappa shape index (κ3) is 3.18. The number of hydrogen-bond acceptors (Lipinski definition) is 2. The molecule has 1 aromatic rings. The van der Waals surface area contributed by atoms with Gasteiger partial charge < -0.3 is 10.2 Å². The number of carbonyl (C=O) groups excluding carboxylic acids is 2. The number of carbonyl (C=O) groups is 2.